The van der Waals surface area contributed by atoms with Gasteiger partial charge in [0.1, 0.15) is 0 Å². The van der Waals surface area contributed by atoms with Crippen molar-refractivity contribution in [2.24, 2.45) is 4.99 Å². The molecule has 0 atom stereocenters. The molecule has 6 nitrogen and oxygen atoms in total. The van der Waals surface area contributed by atoms with Crippen LogP contribution in [0.15, 0.2) is 23.2 Å². The molecule has 0 aromatic heterocycles. The number of nitrogens with one attached hydrogen (secondary N) is 2. The van der Waals surface area contributed by atoms with E-state index in [2.05, 4.69) is 39.7 Å². The maximum atomic E-state index is 5.42. The number of guanidine groups is 1. The zero-order chi connectivity index (χ0) is 17.5. The summed E-state index contributed by atoms with van der Waals surface area (Å²) in [5, 5.41) is 6.78. The maximum absolute atomic E-state index is 5.42. The SMILES string of the molecule is CN=C(NCCc1ccc2c(c1)OCO2)NCCN(C)C1CCCC1. The lowest BCUT2D eigenvalue weighted by molar-refractivity contribution is 0.174. The van der Waals surface area contributed by atoms with Gasteiger partial charge in [-0.15, -0.1) is 0 Å². The van der Waals surface area contributed by atoms with E-state index in [0.717, 1.165) is 49.6 Å². The predicted octanol–water partition coefficient (Wildman–Crippen LogP) is 2.00. The van der Waals surface area contributed by atoms with Gasteiger partial charge >= 0.3 is 0 Å². The first-order valence-electron chi connectivity index (χ1n) is 9.29. The number of hydrogen-bond donors (Lipinski definition) is 2. The number of rotatable bonds is 7. The number of nitrogens with zero attached hydrogens (tertiary/aromatic N) is 2. The fourth-order valence-corrected chi connectivity index (χ4v) is 3.52. The second kappa shape index (κ2) is 8.94. The molecule has 1 aromatic rings. The summed E-state index contributed by atoms with van der Waals surface area (Å²) in [5.74, 6) is 2.54. The van der Waals surface area contributed by atoms with Crippen LogP contribution < -0.4 is 20.1 Å². The molecule has 3 rings (SSSR count). The van der Waals surface area contributed by atoms with Gasteiger partial charge < -0.3 is 25.0 Å². The molecule has 0 spiro atoms. The highest BCUT2D eigenvalue weighted by atomic mass is 16.7. The Hall–Kier alpha value is -1.95. The second-order valence-electron chi connectivity index (χ2n) is 6.78. The molecule has 1 aromatic carbocycles. The molecule has 1 saturated carbocycles. The third-order valence-corrected chi connectivity index (χ3v) is 5.07. The van der Waals surface area contributed by atoms with Crippen molar-refractivity contribution in [2.75, 3.05) is 40.5 Å². The van der Waals surface area contributed by atoms with Crippen LogP contribution in [0.4, 0.5) is 0 Å². The van der Waals surface area contributed by atoms with Crippen molar-refractivity contribution in [3.63, 3.8) is 0 Å². The van der Waals surface area contributed by atoms with Gasteiger partial charge in [-0.2, -0.15) is 0 Å². The average Bonchev–Trinajstić information content (AvgIpc) is 3.31. The fourth-order valence-electron chi connectivity index (χ4n) is 3.52. The van der Waals surface area contributed by atoms with E-state index in [0.29, 0.717) is 6.79 Å². The van der Waals surface area contributed by atoms with Gasteiger partial charge in [-0.25, -0.2) is 0 Å². The Bertz CT molecular complexity index is 585. The third-order valence-electron chi connectivity index (χ3n) is 5.07. The molecule has 1 fully saturated rings. The van der Waals surface area contributed by atoms with Crippen molar-refractivity contribution in [1.29, 1.82) is 0 Å². The van der Waals surface area contributed by atoms with Crippen molar-refractivity contribution in [1.82, 2.24) is 15.5 Å². The Labute approximate surface area is 150 Å². The van der Waals surface area contributed by atoms with Crippen LogP contribution in [0, 0.1) is 0 Å². The van der Waals surface area contributed by atoms with Crippen molar-refractivity contribution in [3.05, 3.63) is 23.8 Å². The van der Waals surface area contributed by atoms with Gasteiger partial charge in [0.2, 0.25) is 6.79 Å². The average molecular weight is 346 g/mol. The summed E-state index contributed by atoms with van der Waals surface area (Å²) >= 11 is 0. The molecule has 138 valence electrons. The first-order valence-corrected chi connectivity index (χ1v) is 9.29. The lowest BCUT2D eigenvalue weighted by atomic mass is 10.1. The molecule has 0 unspecified atom stereocenters. The Morgan fingerprint density at radius 3 is 2.72 bits per heavy atom. The van der Waals surface area contributed by atoms with E-state index in [9.17, 15) is 0 Å². The van der Waals surface area contributed by atoms with Gasteiger partial charge in [0.25, 0.3) is 0 Å². The molecule has 2 aliphatic rings. The summed E-state index contributed by atoms with van der Waals surface area (Å²) in [4.78, 5) is 6.77. The Morgan fingerprint density at radius 2 is 1.92 bits per heavy atom. The molecular weight excluding hydrogens is 316 g/mol. The van der Waals surface area contributed by atoms with Crippen molar-refractivity contribution >= 4 is 5.96 Å². The molecule has 0 radical (unpaired) electrons. The summed E-state index contributed by atoms with van der Waals surface area (Å²) in [5.41, 5.74) is 1.23. The zero-order valence-electron chi connectivity index (χ0n) is 15.4. The van der Waals surface area contributed by atoms with Gasteiger partial charge in [-0.05, 0) is 44.0 Å². The smallest absolute Gasteiger partial charge is 0.231 e. The first-order chi connectivity index (χ1) is 12.3. The second-order valence-corrected chi connectivity index (χ2v) is 6.78. The normalized spacial score (nSPS) is 17.3. The Balaban J connectivity index is 1.35. The van der Waals surface area contributed by atoms with Crippen LogP contribution in [0.25, 0.3) is 0 Å². The third kappa shape index (κ3) is 5.01. The fraction of sp³-hybridized carbons (Fsp3) is 0.632. The van der Waals surface area contributed by atoms with E-state index in [4.69, 9.17) is 9.47 Å². The number of benzene rings is 1. The standard InChI is InChI=1S/C19H30N4O2/c1-20-19(22-11-12-23(2)16-5-3-4-6-16)21-10-9-15-7-8-17-18(13-15)25-14-24-17/h7-8,13,16H,3-6,9-12,14H2,1-2H3,(H2,20,21,22). The van der Waals surface area contributed by atoms with Crippen LogP contribution in [0.1, 0.15) is 31.2 Å². The molecule has 1 aliphatic heterocycles. The molecule has 25 heavy (non-hydrogen) atoms. The van der Waals surface area contributed by atoms with Crippen LogP contribution in [0.2, 0.25) is 0 Å². The van der Waals surface area contributed by atoms with Crippen LogP contribution >= 0.6 is 0 Å². The van der Waals surface area contributed by atoms with E-state index < -0.39 is 0 Å². The lowest BCUT2D eigenvalue weighted by Crippen LogP contribution is -2.43. The van der Waals surface area contributed by atoms with E-state index in [1.165, 1.54) is 31.2 Å². The van der Waals surface area contributed by atoms with E-state index in [1.807, 2.05) is 13.1 Å². The van der Waals surface area contributed by atoms with Crippen LogP contribution in [0.5, 0.6) is 11.5 Å². The van der Waals surface area contributed by atoms with Gasteiger partial charge in [-0.3, -0.25) is 4.99 Å². The number of likely N-dealkylation sites (N-methyl/N-ethyl adjacent to an activating group) is 1. The highest BCUT2D eigenvalue weighted by molar-refractivity contribution is 5.79. The monoisotopic (exact) mass is 346 g/mol. The molecule has 0 bridgehead atoms. The molecule has 1 aliphatic carbocycles. The molecule has 1 heterocycles. The topological polar surface area (TPSA) is 58.1 Å². The van der Waals surface area contributed by atoms with Crippen molar-refractivity contribution < 1.29 is 9.47 Å². The summed E-state index contributed by atoms with van der Waals surface area (Å²) in [7, 11) is 4.05. The van der Waals surface area contributed by atoms with Crippen molar-refractivity contribution in [3.8, 4) is 11.5 Å². The summed E-state index contributed by atoms with van der Waals surface area (Å²) < 4.78 is 10.8. The lowest BCUT2D eigenvalue weighted by Gasteiger charge is -2.24. The van der Waals surface area contributed by atoms with Gasteiger partial charge in [-0.1, -0.05) is 18.9 Å². The molecule has 6 heteroatoms. The zero-order valence-corrected chi connectivity index (χ0v) is 15.4. The number of aliphatic imine (C=N–C) groups is 1. The maximum Gasteiger partial charge on any atom is 0.231 e. The number of ether oxygens (including phenoxy) is 2. The number of fused-ring (bicyclic) bond motifs is 1. The molecule has 2 N–H and O–H groups in total. The highest BCUT2D eigenvalue weighted by Gasteiger charge is 2.18. The van der Waals surface area contributed by atoms with E-state index >= 15 is 0 Å². The van der Waals surface area contributed by atoms with Crippen molar-refractivity contribution in [2.45, 2.75) is 38.1 Å². The largest absolute Gasteiger partial charge is 0.454 e. The summed E-state index contributed by atoms with van der Waals surface area (Å²) in [6.07, 6.45) is 6.37. The van der Waals surface area contributed by atoms with Crippen LogP contribution in [0.3, 0.4) is 0 Å². The van der Waals surface area contributed by atoms with E-state index in [1.54, 1.807) is 0 Å². The highest BCUT2D eigenvalue weighted by Crippen LogP contribution is 2.32. The molecule has 0 amide bonds. The van der Waals surface area contributed by atoms with Crippen LogP contribution in [-0.4, -0.2) is 57.4 Å². The van der Waals surface area contributed by atoms with Crippen LogP contribution in [-0.2, 0) is 6.42 Å². The summed E-state index contributed by atoms with van der Waals surface area (Å²) in [6, 6.07) is 6.88. The minimum Gasteiger partial charge on any atom is -0.454 e. The minimum atomic E-state index is 0.322. The minimum absolute atomic E-state index is 0.322. The van der Waals surface area contributed by atoms with Gasteiger partial charge in [0.05, 0.1) is 0 Å². The quantitative estimate of drug-likeness (QED) is 0.584. The Kier molecular flexibility index (Phi) is 6.39. The summed E-state index contributed by atoms with van der Waals surface area (Å²) in [6.45, 7) is 3.12. The molecule has 0 saturated heterocycles. The van der Waals surface area contributed by atoms with E-state index in [-0.39, 0.29) is 0 Å². The first kappa shape index (κ1) is 17.9. The van der Waals surface area contributed by atoms with Gasteiger partial charge in [0.15, 0.2) is 17.5 Å². The molecular formula is C19H30N4O2. The predicted molar refractivity (Wildman–Crippen MR) is 101 cm³/mol. The Morgan fingerprint density at radius 1 is 1.16 bits per heavy atom. The number of hydrogen-bond acceptors (Lipinski definition) is 4. The van der Waals surface area contributed by atoms with Gasteiger partial charge in [0, 0.05) is 32.7 Å².